The molecule has 21 heavy (non-hydrogen) atoms. The summed E-state index contributed by atoms with van der Waals surface area (Å²) in [7, 11) is 0. The van der Waals surface area contributed by atoms with Crippen LogP contribution in [-0.4, -0.2) is 11.8 Å². The second-order valence-corrected chi connectivity index (χ2v) is 5.42. The predicted molar refractivity (Wildman–Crippen MR) is 81.5 cm³/mol. The molecule has 0 bridgehead atoms. The number of hydrogen-bond donors (Lipinski definition) is 1. The lowest BCUT2D eigenvalue weighted by molar-refractivity contribution is -0.136. The minimum atomic E-state index is -0.157. The van der Waals surface area contributed by atoms with Gasteiger partial charge in [0.1, 0.15) is 0 Å². The highest BCUT2D eigenvalue weighted by molar-refractivity contribution is 5.98. The van der Waals surface area contributed by atoms with Crippen LogP contribution in [0.4, 0.5) is 0 Å². The summed E-state index contributed by atoms with van der Waals surface area (Å²) in [4.78, 5) is 22.9. The quantitative estimate of drug-likeness (QED) is 0.878. The normalized spacial score (nSPS) is 18.4. The van der Waals surface area contributed by atoms with Gasteiger partial charge >= 0.3 is 0 Å². The van der Waals surface area contributed by atoms with Crippen molar-refractivity contribution in [2.45, 2.75) is 19.3 Å². The van der Waals surface area contributed by atoms with E-state index in [4.69, 9.17) is 0 Å². The van der Waals surface area contributed by atoms with E-state index >= 15 is 0 Å². The van der Waals surface area contributed by atoms with Crippen molar-refractivity contribution in [3.05, 3.63) is 60.2 Å². The van der Waals surface area contributed by atoms with E-state index in [0.29, 0.717) is 19.3 Å². The summed E-state index contributed by atoms with van der Waals surface area (Å²) in [5.41, 5.74) is 3.48. The fourth-order valence-electron chi connectivity index (χ4n) is 2.68. The van der Waals surface area contributed by atoms with Crippen LogP contribution in [-0.2, 0) is 16.0 Å². The van der Waals surface area contributed by atoms with Gasteiger partial charge in [-0.25, -0.2) is 0 Å². The SMILES string of the molecule is O=C1CCC(Cc2ccc(-c3ccccc3)cc2)C(=O)N1. The number of hydrogen-bond acceptors (Lipinski definition) is 2. The van der Waals surface area contributed by atoms with E-state index in [0.717, 1.165) is 5.56 Å². The van der Waals surface area contributed by atoms with Gasteiger partial charge in [-0.05, 0) is 29.5 Å². The lowest BCUT2D eigenvalue weighted by Crippen LogP contribution is -2.41. The smallest absolute Gasteiger partial charge is 0.230 e. The Morgan fingerprint density at radius 3 is 2.24 bits per heavy atom. The largest absolute Gasteiger partial charge is 0.296 e. The molecule has 1 aliphatic heterocycles. The van der Waals surface area contributed by atoms with E-state index in [1.807, 2.05) is 18.2 Å². The van der Waals surface area contributed by atoms with Gasteiger partial charge in [-0.3, -0.25) is 14.9 Å². The molecule has 3 rings (SSSR count). The molecule has 0 spiro atoms. The maximum Gasteiger partial charge on any atom is 0.230 e. The lowest BCUT2D eigenvalue weighted by Gasteiger charge is -2.20. The first kappa shape index (κ1) is 13.6. The van der Waals surface area contributed by atoms with Crippen molar-refractivity contribution in [3.63, 3.8) is 0 Å². The molecule has 1 N–H and O–H groups in total. The Morgan fingerprint density at radius 2 is 1.57 bits per heavy atom. The van der Waals surface area contributed by atoms with Gasteiger partial charge in [0.2, 0.25) is 11.8 Å². The van der Waals surface area contributed by atoms with Gasteiger partial charge in [0.25, 0.3) is 0 Å². The fourth-order valence-corrected chi connectivity index (χ4v) is 2.68. The monoisotopic (exact) mass is 279 g/mol. The first-order chi connectivity index (χ1) is 10.2. The summed E-state index contributed by atoms with van der Waals surface area (Å²) in [6.07, 6.45) is 1.78. The molecule has 1 fully saturated rings. The summed E-state index contributed by atoms with van der Waals surface area (Å²) in [6.45, 7) is 0. The van der Waals surface area contributed by atoms with Crippen molar-refractivity contribution >= 4 is 11.8 Å². The molecule has 2 aromatic rings. The van der Waals surface area contributed by atoms with Crippen molar-refractivity contribution in [1.82, 2.24) is 5.32 Å². The minimum absolute atomic E-state index is 0.0923. The zero-order valence-corrected chi connectivity index (χ0v) is 11.7. The molecule has 1 saturated heterocycles. The summed E-state index contributed by atoms with van der Waals surface area (Å²) >= 11 is 0. The van der Waals surface area contributed by atoms with E-state index in [2.05, 4.69) is 41.7 Å². The number of carbonyl (C=O) groups excluding carboxylic acids is 2. The molecule has 3 nitrogen and oxygen atoms in total. The topological polar surface area (TPSA) is 46.2 Å². The van der Waals surface area contributed by atoms with Gasteiger partial charge in [-0.2, -0.15) is 0 Å². The molecule has 1 unspecified atom stereocenters. The molecule has 1 aliphatic rings. The van der Waals surface area contributed by atoms with Crippen LogP contribution in [0.3, 0.4) is 0 Å². The van der Waals surface area contributed by atoms with Crippen molar-refractivity contribution in [1.29, 1.82) is 0 Å². The molecule has 0 radical (unpaired) electrons. The number of amides is 2. The number of carbonyl (C=O) groups is 2. The lowest BCUT2D eigenvalue weighted by atomic mass is 9.90. The third-order valence-corrected chi connectivity index (χ3v) is 3.90. The second kappa shape index (κ2) is 5.92. The first-order valence-corrected chi connectivity index (χ1v) is 7.20. The molecule has 0 aliphatic carbocycles. The molecule has 2 aromatic carbocycles. The van der Waals surface area contributed by atoms with Gasteiger partial charge in [0, 0.05) is 12.3 Å². The van der Waals surface area contributed by atoms with E-state index < -0.39 is 0 Å². The van der Waals surface area contributed by atoms with Crippen LogP contribution in [0.15, 0.2) is 54.6 Å². The number of imide groups is 1. The van der Waals surface area contributed by atoms with Crippen LogP contribution in [0, 0.1) is 5.92 Å². The standard InChI is InChI=1S/C18H17NO2/c20-17-11-10-16(18(21)19-17)12-13-6-8-15(9-7-13)14-4-2-1-3-5-14/h1-9,16H,10-12H2,(H,19,20,21). The van der Waals surface area contributed by atoms with Crippen LogP contribution >= 0.6 is 0 Å². The molecule has 0 aromatic heterocycles. The van der Waals surface area contributed by atoms with Crippen LogP contribution in [0.5, 0.6) is 0 Å². The number of benzene rings is 2. The van der Waals surface area contributed by atoms with Crippen molar-refractivity contribution in [2.24, 2.45) is 5.92 Å². The fraction of sp³-hybridized carbons (Fsp3) is 0.222. The minimum Gasteiger partial charge on any atom is -0.296 e. The summed E-state index contributed by atoms with van der Waals surface area (Å²) < 4.78 is 0. The van der Waals surface area contributed by atoms with E-state index in [-0.39, 0.29) is 17.7 Å². The summed E-state index contributed by atoms with van der Waals surface area (Å²) in [5, 5.41) is 2.41. The van der Waals surface area contributed by atoms with Crippen molar-refractivity contribution < 1.29 is 9.59 Å². The number of nitrogens with one attached hydrogen (secondary N) is 1. The third-order valence-electron chi connectivity index (χ3n) is 3.90. The molecule has 3 heteroatoms. The van der Waals surface area contributed by atoms with Gasteiger partial charge in [0.05, 0.1) is 0 Å². The highest BCUT2D eigenvalue weighted by Crippen LogP contribution is 2.22. The Balaban J connectivity index is 1.70. The van der Waals surface area contributed by atoms with Gasteiger partial charge < -0.3 is 0 Å². The van der Waals surface area contributed by atoms with Gasteiger partial charge in [-0.1, -0.05) is 54.6 Å². The molecular formula is C18H17NO2. The Hall–Kier alpha value is -2.42. The first-order valence-electron chi connectivity index (χ1n) is 7.20. The summed E-state index contributed by atoms with van der Waals surface area (Å²) in [5.74, 6) is -0.390. The highest BCUT2D eigenvalue weighted by Gasteiger charge is 2.26. The van der Waals surface area contributed by atoms with Crippen LogP contribution in [0.2, 0.25) is 0 Å². The predicted octanol–water partition coefficient (Wildman–Crippen LogP) is 2.95. The summed E-state index contributed by atoms with van der Waals surface area (Å²) in [6, 6.07) is 18.5. The van der Waals surface area contributed by atoms with Crippen LogP contribution < -0.4 is 5.32 Å². The molecule has 0 saturated carbocycles. The van der Waals surface area contributed by atoms with Crippen LogP contribution in [0.1, 0.15) is 18.4 Å². The second-order valence-electron chi connectivity index (χ2n) is 5.42. The Kier molecular flexibility index (Phi) is 3.82. The molecule has 2 amide bonds. The maximum absolute atomic E-state index is 11.8. The highest BCUT2D eigenvalue weighted by atomic mass is 16.2. The number of piperidine rings is 1. The van der Waals surface area contributed by atoms with Gasteiger partial charge in [-0.15, -0.1) is 0 Å². The Labute approximate surface area is 124 Å². The van der Waals surface area contributed by atoms with Crippen molar-refractivity contribution in [2.75, 3.05) is 0 Å². The zero-order valence-electron chi connectivity index (χ0n) is 11.7. The van der Waals surface area contributed by atoms with E-state index in [1.54, 1.807) is 0 Å². The van der Waals surface area contributed by atoms with Crippen LogP contribution in [0.25, 0.3) is 11.1 Å². The molecule has 1 atom stereocenters. The third kappa shape index (κ3) is 3.19. The maximum atomic E-state index is 11.8. The molecular weight excluding hydrogens is 262 g/mol. The Bertz CT molecular complexity index is 647. The average molecular weight is 279 g/mol. The van der Waals surface area contributed by atoms with Crippen molar-refractivity contribution in [3.8, 4) is 11.1 Å². The Morgan fingerprint density at radius 1 is 0.905 bits per heavy atom. The zero-order chi connectivity index (χ0) is 14.7. The molecule has 1 heterocycles. The van der Waals surface area contributed by atoms with E-state index in [9.17, 15) is 9.59 Å². The average Bonchev–Trinajstić information content (AvgIpc) is 2.52. The molecule has 106 valence electrons. The number of rotatable bonds is 3. The van der Waals surface area contributed by atoms with E-state index in [1.165, 1.54) is 11.1 Å². The van der Waals surface area contributed by atoms with Gasteiger partial charge in [0.15, 0.2) is 0 Å².